The van der Waals surface area contributed by atoms with Crippen LogP contribution in [0.4, 0.5) is 5.69 Å². The fourth-order valence-electron chi connectivity index (χ4n) is 2.25. The molecule has 0 bridgehead atoms. The van der Waals surface area contributed by atoms with E-state index < -0.39 is 0 Å². The first-order valence-corrected chi connectivity index (χ1v) is 6.21. The molecule has 18 heavy (non-hydrogen) atoms. The highest BCUT2D eigenvalue weighted by Gasteiger charge is 2.24. The minimum atomic E-state index is 0.0505. The van der Waals surface area contributed by atoms with Gasteiger partial charge in [0.25, 0.3) is 0 Å². The zero-order valence-corrected chi connectivity index (χ0v) is 10.5. The fourth-order valence-corrected chi connectivity index (χ4v) is 2.25. The summed E-state index contributed by atoms with van der Waals surface area (Å²) in [5, 5.41) is 12.1. The van der Waals surface area contributed by atoms with Gasteiger partial charge in [-0.3, -0.25) is 4.79 Å². The zero-order valence-electron chi connectivity index (χ0n) is 10.5. The number of piperidine rings is 1. The van der Waals surface area contributed by atoms with Crippen molar-refractivity contribution < 1.29 is 4.79 Å². The third-order valence-corrected chi connectivity index (χ3v) is 3.34. The Bertz CT molecular complexity index is 472. The summed E-state index contributed by atoms with van der Waals surface area (Å²) in [5.41, 5.74) is 1.36. The van der Waals surface area contributed by atoms with E-state index >= 15 is 0 Å². The number of nitriles is 1. The van der Waals surface area contributed by atoms with Crippen LogP contribution in [0.5, 0.6) is 0 Å². The van der Waals surface area contributed by atoms with Gasteiger partial charge in [0.05, 0.1) is 17.6 Å². The number of nitrogens with one attached hydrogen (secondary N) is 1. The first-order chi connectivity index (χ1) is 8.72. The number of anilines is 1. The Morgan fingerprint density at radius 3 is 3.06 bits per heavy atom. The molecule has 4 nitrogen and oxygen atoms in total. The van der Waals surface area contributed by atoms with E-state index in [0.29, 0.717) is 5.56 Å². The van der Waals surface area contributed by atoms with Crippen molar-refractivity contribution in [3.8, 4) is 6.07 Å². The third kappa shape index (κ3) is 2.69. The number of nitrogens with zero attached hydrogens (tertiary/aromatic N) is 2. The molecule has 0 radical (unpaired) electrons. The number of hydrogen-bond acceptors (Lipinski definition) is 3. The topological polar surface area (TPSA) is 56.1 Å². The molecule has 1 aliphatic rings. The van der Waals surface area contributed by atoms with Crippen LogP contribution in [-0.2, 0) is 4.79 Å². The summed E-state index contributed by atoms with van der Waals surface area (Å²) >= 11 is 0. The van der Waals surface area contributed by atoms with Crippen LogP contribution < -0.4 is 10.2 Å². The van der Waals surface area contributed by atoms with Crippen molar-refractivity contribution in [2.75, 3.05) is 25.0 Å². The van der Waals surface area contributed by atoms with Crippen LogP contribution in [0.25, 0.3) is 0 Å². The van der Waals surface area contributed by atoms with Gasteiger partial charge < -0.3 is 10.2 Å². The van der Waals surface area contributed by atoms with Gasteiger partial charge in [0.15, 0.2) is 0 Å². The minimum Gasteiger partial charge on any atom is -0.316 e. The lowest BCUT2D eigenvalue weighted by atomic mass is 9.98. The molecule has 0 aromatic heterocycles. The van der Waals surface area contributed by atoms with Crippen LogP contribution in [0.3, 0.4) is 0 Å². The normalized spacial score (nSPS) is 19.0. The Labute approximate surface area is 107 Å². The van der Waals surface area contributed by atoms with E-state index in [-0.39, 0.29) is 11.8 Å². The summed E-state index contributed by atoms with van der Waals surface area (Å²) in [5.74, 6) is 0.173. The number of benzene rings is 1. The van der Waals surface area contributed by atoms with Crippen molar-refractivity contribution in [2.24, 2.45) is 5.92 Å². The highest BCUT2D eigenvalue weighted by molar-refractivity contribution is 5.94. The molecule has 1 heterocycles. The lowest BCUT2D eigenvalue weighted by Crippen LogP contribution is -2.41. The van der Waals surface area contributed by atoms with Crippen LogP contribution in [0.1, 0.15) is 18.4 Å². The van der Waals surface area contributed by atoms with Gasteiger partial charge >= 0.3 is 0 Å². The van der Waals surface area contributed by atoms with Crippen molar-refractivity contribution in [1.82, 2.24) is 5.32 Å². The van der Waals surface area contributed by atoms with Gasteiger partial charge in [-0.25, -0.2) is 0 Å². The first kappa shape index (κ1) is 12.6. The molecule has 1 N–H and O–H groups in total. The number of amides is 1. The van der Waals surface area contributed by atoms with E-state index in [1.165, 1.54) is 0 Å². The number of carbonyl (C=O) groups excluding carboxylic acids is 1. The number of carbonyl (C=O) groups is 1. The molecule has 1 amide bonds. The van der Waals surface area contributed by atoms with Crippen molar-refractivity contribution in [1.29, 1.82) is 5.26 Å². The standard InChI is InChI=1S/C14H17N3O/c1-17(13-6-2-4-11(8-13)9-15)14(18)12-5-3-7-16-10-12/h2,4,6,8,12,16H,3,5,7,10H2,1H3/t12-/m0/s1. The molecule has 4 heteroatoms. The van der Waals surface area contributed by atoms with Gasteiger partial charge in [-0.05, 0) is 37.6 Å². The van der Waals surface area contributed by atoms with Crippen LogP contribution in [0.2, 0.25) is 0 Å². The van der Waals surface area contributed by atoms with Crippen molar-refractivity contribution in [3.05, 3.63) is 29.8 Å². The predicted octanol–water partition coefficient (Wildman–Crippen LogP) is 1.52. The van der Waals surface area contributed by atoms with Gasteiger partial charge in [-0.15, -0.1) is 0 Å². The van der Waals surface area contributed by atoms with E-state index in [9.17, 15) is 4.79 Å². The lowest BCUT2D eigenvalue weighted by Gasteiger charge is -2.27. The van der Waals surface area contributed by atoms with Gasteiger partial charge in [0.1, 0.15) is 0 Å². The van der Waals surface area contributed by atoms with Crippen LogP contribution >= 0.6 is 0 Å². The molecular weight excluding hydrogens is 226 g/mol. The number of rotatable bonds is 2. The Morgan fingerprint density at radius 1 is 1.56 bits per heavy atom. The molecule has 1 aromatic rings. The quantitative estimate of drug-likeness (QED) is 0.856. The van der Waals surface area contributed by atoms with Gasteiger partial charge in [0.2, 0.25) is 5.91 Å². The second-order valence-corrected chi connectivity index (χ2v) is 4.60. The predicted molar refractivity (Wildman–Crippen MR) is 70.2 cm³/mol. The van der Waals surface area contributed by atoms with Crippen LogP contribution in [0, 0.1) is 17.2 Å². The van der Waals surface area contributed by atoms with Crippen LogP contribution in [-0.4, -0.2) is 26.0 Å². The Balaban J connectivity index is 2.12. The van der Waals surface area contributed by atoms with Crippen molar-refractivity contribution >= 4 is 11.6 Å². The Hall–Kier alpha value is -1.86. The molecule has 0 spiro atoms. The SMILES string of the molecule is CN(C(=O)[C@H]1CCCNC1)c1cccc(C#N)c1. The molecule has 2 rings (SSSR count). The third-order valence-electron chi connectivity index (χ3n) is 3.34. The summed E-state index contributed by atoms with van der Waals surface area (Å²) in [6, 6.07) is 9.23. The molecule has 1 saturated heterocycles. The minimum absolute atomic E-state index is 0.0505. The molecule has 0 unspecified atom stereocenters. The molecule has 0 aliphatic carbocycles. The van der Waals surface area contributed by atoms with E-state index in [1.54, 1.807) is 30.1 Å². The summed E-state index contributed by atoms with van der Waals surface area (Å²) in [6.45, 7) is 1.75. The van der Waals surface area contributed by atoms with Crippen molar-refractivity contribution in [2.45, 2.75) is 12.8 Å². The first-order valence-electron chi connectivity index (χ1n) is 6.21. The molecule has 1 aliphatic heterocycles. The Kier molecular flexibility index (Phi) is 3.96. The highest BCUT2D eigenvalue weighted by atomic mass is 16.2. The molecule has 0 saturated carbocycles. The molecular formula is C14H17N3O. The van der Waals surface area contributed by atoms with E-state index in [4.69, 9.17) is 5.26 Å². The molecule has 1 fully saturated rings. The maximum atomic E-state index is 12.3. The molecule has 1 aromatic carbocycles. The zero-order chi connectivity index (χ0) is 13.0. The van der Waals surface area contributed by atoms with E-state index in [1.807, 2.05) is 6.07 Å². The highest BCUT2D eigenvalue weighted by Crippen LogP contribution is 2.19. The molecule has 94 valence electrons. The monoisotopic (exact) mass is 243 g/mol. The smallest absolute Gasteiger partial charge is 0.231 e. The summed E-state index contributed by atoms with van der Waals surface area (Å²) < 4.78 is 0. The summed E-state index contributed by atoms with van der Waals surface area (Å²) in [6.07, 6.45) is 1.98. The average Bonchev–Trinajstić information content (AvgIpc) is 2.46. The second kappa shape index (κ2) is 5.65. The van der Waals surface area contributed by atoms with E-state index in [0.717, 1.165) is 31.6 Å². The van der Waals surface area contributed by atoms with Crippen LogP contribution in [0.15, 0.2) is 24.3 Å². The van der Waals surface area contributed by atoms with Gasteiger partial charge in [-0.1, -0.05) is 6.07 Å². The maximum absolute atomic E-state index is 12.3. The van der Waals surface area contributed by atoms with E-state index in [2.05, 4.69) is 11.4 Å². The second-order valence-electron chi connectivity index (χ2n) is 4.60. The van der Waals surface area contributed by atoms with Gasteiger partial charge in [-0.2, -0.15) is 5.26 Å². The van der Waals surface area contributed by atoms with Gasteiger partial charge in [0, 0.05) is 19.3 Å². The Morgan fingerprint density at radius 2 is 2.39 bits per heavy atom. The number of hydrogen-bond donors (Lipinski definition) is 1. The lowest BCUT2D eigenvalue weighted by molar-refractivity contribution is -0.122. The maximum Gasteiger partial charge on any atom is 0.231 e. The summed E-state index contributed by atoms with van der Waals surface area (Å²) in [7, 11) is 1.77. The van der Waals surface area contributed by atoms with Crippen molar-refractivity contribution in [3.63, 3.8) is 0 Å². The fraction of sp³-hybridized carbons (Fsp3) is 0.429. The average molecular weight is 243 g/mol. The molecule has 1 atom stereocenters. The largest absolute Gasteiger partial charge is 0.316 e. The summed E-state index contributed by atoms with van der Waals surface area (Å²) in [4.78, 5) is 14.0.